The Morgan fingerprint density at radius 1 is 0.840 bits per heavy atom. The van der Waals surface area contributed by atoms with Crippen molar-refractivity contribution < 1.29 is 13.2 Å². The van der Waals surface area contributed by atoms with Crippen LogP contribution < -0.4 is 5.32 Å². The molecule has 0 spiro atoms. The highest BCUT2D eigenvalue weighted by atomic mass is 32.2. The summed E-state index contributed by atoms with van der Waals surface area (Å²) in [6.45, 7) is 2.36. The number of likely N-dealkylation sites (tertiary alicyclic amines) is 1. The van der Waals surface area contributed by atoms with E-state index < -0.39 is 15.3 Å². The molecular weight excluding hydrogens is 338 g/mol. The minimum absolute atomic E-state index is 0.138. The van der Waals surface area contributed by atoms with E-state index in [4.69, 9.17) is 0 Å². The second-order valence-corrected chi connectivity index (χ2v) is 10.6. The van der Waals surface area contributed by atoms with Gasteiger partial charge in [-0.2, -0.15) is 0 Å². The zero-order valence-corrected chi connectivity index (χ0v) is 15.8. The fourth-order valence-corrected chi connectivity index (χ4v) is 7.17. The number of nitrogens with one attached hydrogen (secondary N) is 1. The van der Waals surface area contributed by atoms with Gasteiger partial charge >= 0.3 is 0 Å². The highest BCUT2D eigenvalue weighted by Crippen LogP contribution is 2.30. The van der Waals surface area contributed by atoms with Crippen molar-refractivity contribution in [3.05, 3.63) is 0 Å². The molecule has 3 aliphatic heterocycles. The number of piperidine rings is 1. The SMILES string of the molecule is O=C(C1CCCC1)N1CCCC(S(=O)(=O)N2CCC3CCC(C2)N3)C1. The Morgan fingerprint density at radius 2 is 1.60 bits per heavy atom. The number of hydrogen-bond donors (Lipinski definition) is 1. The first-order valence-electron chi connectivity index (χ1n) is 10.1. The Bertz CT molecular complexity index is 603. The average molecular weight is 370 g/mol. The first-order chi connectivity index (χ1) is 12.0. The zero-order valence-electron chi connectivity index (χ0n) is 15.0. The monoisotopic (exact) mass is 369 g/mol. The number of nitrogens with zero attached hydrogens (tertiary/aromatic N) is 2. The van der Waals surface area contributed by atoms with Gasteiger partial charge in [-0.25, -0.2) is 12.7 Å². The summed E-state index contributed by atoms with van der Waals surface area (Å²) in [6.07, 6.45) is 8.88. The molecule has 1 amide bonds. The summed E-state index contributed by atoms with van der Waals surface area (Å²) in [5.74, 6) is 0.341. The van der Waals surface area contributed by atoms with Crippen LogP contribution in [-0.2, 0) is 14.8 Å². The van der Waals surface area contributed by atoms with Gasteiger partial charge in [0.25, 0.3) is 0 Å². The molecule has 25 heavy (non-hydrogen) atoms. The maximum Gasteiger partial charge on any atom is 0.225 e. The Kier molecular flexibility index (Phi) is 5.08. The van der Waals surface area contributed by atoms with Crippen LogP contribution in [0.25, 0.3) is 0 Å². The number of rotatable bonds is 3. The average Bonchev–Trinajstić information content (AvgIpc) is 3.24. The first-order valence-corrected chi connectivity index (χ1v) is 11.6. The van der Waals surface area contributed by atoms with Gasteiger partial charge in [-0.3, -0.25) is 4.79 Å². The van der Waals surface area contributed by atoms with Crippen LogP contribution in [0, 0.1) is 5.92 Å². The highest BCUT2D eigenvalue weighted by molar-refractivity contribution is 7.89. The second kappa shape index (κ2) is 7.16. The molecule has 3 atom stereocenters. The predicted octanol–water partition coefficient (Wildman–Crippen LogP) is 1.32. The van der Waals surface area contributed by atoms with E-state index in [1.54, 1.807) is 4.31 Å². The molecule has 0 aromatic heterocycles. The third kappa shape index (κ3) is 3.60. The maximum absolute atomic E-state index is 13.2. The quantitative estimate of drug-likeness (QED) is 0.815. The molecule has 0 radical (unpaired) electrons. The Labute approximate surface area is 151 Å². The number of amides is 1. The van der Waals surface area contributed by atoms with Gasteiger partial charge in [-0.05, 0) is 44.9 Å². The molecular formula is C18H31N3O3S. The lowest BCUT2D eigenvalue weighted by atomic mass is 10.0. The standard InChI is InChI=1S/C18H31N3O3S/c22-18(14-4-1-2-5-14)20-10-3-6-17(13-20)25(23,24)21-11-9-15-7-8-16(12-21)19-15/h14-17,19H,1-13H2. The van der Waals surface area contributed by atoms with Crippen molar-refractivity contribution in [2.75, 3.05) is 26.2 Å². The molecule has 3 heterocycles. The fourth-order valence-electron chi connectivity index (χ4n) is 5.17. The van der Waals surface area contributed by atoms with Gasteiger partial charge in [0.05, 0.1) is 5.25 Å². The molecule has 0 aromatic rings. The first kappa shape index (κ1) is 17.7. The summed E-state index contributed by atoms with van der Waals surface area (Å²) < 4.78 is 28.2. The smallest absolute Gasteiger partial charge is 0.225 e. The van der Waals surface area contributed by atoms with Gasteiger partial charge in [-0.15, -0.1) is 0 Å². The van der Waals surface area contributed by atoms with Crippen LogP contribution in [-0.4, -0.2) is 67.0 Å². The molecule has 2 bridgehead atoms. The number of carbonyl (C=O) groups is 1. The summed E-state index contributed by atoms with van der Waals surface area (Å²) in [7, 11) is -3.32. The molecule has 1 saturated carbocycles. The number of sulfonamides is 1. The van der Waals surface area contributed by atoms with Crippen molar-refractivity contribution in [1.82, 2.24) is 14.5 Å². The predicted molar refractivity (Wildman–Crippen MR) is 96.6 cm³/mol. The molecule has 1 aliphatic carbocycles. The van der Waals surface area contributed by atoms with E-state index in [2.05, 4.69) is 5.32 Å². The number of hydrogen-bond acceptors (Lipinski definition) is 4. The molecule has 4 fully saturated rings. The Balaban J connectivity index is 1.43. The Morgan fingerprint density at radius 3 is 2.40 bits per heavy atom. The third-order valence-electron chi connectivity index (χ3n) is 6.66. The number of fused-ring (bicyclic) bond motifs is 2. The van der Waals surface area contributed by atoms with E-state index >= 15 is 0 Å². The van der Waals surface area contributed by atoms with Crippen molar-refractivity contribution in [3.63, 3.8) is 0 Å². The largest absolute Gasteiger partial charge is 0.341 e. The minimum Gasteiger partial charge on any atom is -0.341 e. The van der Waals surface area contributed by atoms with Crippen LogP contribution in [0.1, 0.15) is 57.8 Å². The molecule has 4 aliphatic rings. The summed E-state index contributed by atoms with van der Waals surface area (Å²) in [5, 5.41) is 3.14. The lowest BCUT2D eigenvalue weighted by Crippen LogP contribution is -2.51. The Hall–Kier alpha value is -0.660. The summed E-state index contributed by atoms with van der Waals surface area (Å²) in [4.78, 5) is 14.6. The molecule has 3 saturated heterocycles. The van der Waals surface area contributed by atoms with Crippen molar-refractivity contribution in [1.29, 1.82) is 0 Å². The lowest BCUT2D eigenvalue weighted by Gasteiger charge is -2.36. The van der Waals surface area contributed by atoms with Gasteiger partial charge in [0, 0.05) is 44.2 Å². The molecule has 4 rings (SSSR count). The fraction of sp³-hybridized carbons (Fsp3) is 0.944. The van der Waals surface area contributed by atoms with Gasteiger partial charge in [0.2, 0.25) is 15.9 Å². The molecule has 1 N–H and O–H groups in total. The molecule has 7 heteroatoms. The molecule has 142 valence electrons. The third-order valence-corrected chi connectivity index (χ3v) is 8.94. The van der Waals surface area contributed by atoms with Crippen LogP contribution >= 0.6 is 0 Å². The van der Waals surface area contributed by atoms with Crippen molar-refractivity contribution in [2.45, 2.75) is 75.1 Å². The van der Waals surface area contributed by atoms with Crippen molar-refractivity contribution >= 4 is 15.9 Å². The van der Waals surface area contributed by atoms with Crippen molar-refractivity contribution in [2.24, 2.45) is 5.92 Å². The number of carbonyl (C=O) groups excluding carboxylic acids is 1. The summed E-state index contributed by atoms with van der Waals surface area (Å²) in [5.41, 5.74) is 0. The zero-order chi connectivity index (χ0) is 17.4. The van der Waals surface area contributed by atoms with Crippen LogP contribution in [0.2, 0.25) is 0 Å². The minimum atomic E-state index is -3.32. The van der Waals surface area contributed by atoms with Gasteiger partial charge in [0.15, 0.2) is 0 Å². The topological polar surface area (TPSA) is 69.7 Å². The summed E-state index contributed by atoms with van der Waals surface area (Å²) >= 11 is 0. The van der Waals surface area contributed by atoms with E-state index in [1.807, 2.05) is 4.90 Å². The highest BCUT2D eigenvalue weighted by Gasteiger charge is 2.41. The normalized spacial score (nSPS) is 35.0. The van der Waals surface area contributed by atoms with Crippen molar-refractivity contribution in [3.8, 4) is 0 Å². The van der Waals surface area contributed by atoms with Crippen LogP contribution in [0.4, 0.5) is 0 Å². The van der Waals surface area contributed by atoms with Gasteiger partial charge < -0.3 is 10.2 Å². The second-order valence-electron chi connectivity index (χ2n) is 8.36. The van der Waals surface area contributed by atoms with Crippen LogP contribution in [0.5, 0.6) is 0 Å². The van der Waals surface area contributed by atoms with E-state index in [0.29, 0.717) is 38.1 Å². The van der Waals surface area contributed by atoms with E-state index in [-0.39, 0.29) is 11.8 Å². The van der Waals surface area contributed by atoms with Crippen LogP contribution in [0.15, 0.2) is 0 Å². The van der Waals surface area contributed by atoms with Gasteiger partial charge in [0.1, 0.15) is 0 Å². The van der Waals surface area contributed by atoms with E-state index in [0.717, 1.165) is 51.5 Å². The van der Waals surface area contributed by atoms with E-state index in [9.17, 15) is 13.2 Å². The molecule has 0 aromatic carbocycles. The van der Waals surface area contributed by atoms with Gasteiger partial charge in [-0.1, -0.05) is 12.8 Å². The molecule has 3 unspecified atom stereocenters. The molecule has 6 nitrogen and oxygen atoms in total. The van der Waals surface area contributed by atoms with E-state index in [1.165, 1.54) is 6.42 Å². The summed E-state index contributed by atoms with van der Waals surface area (Å²) in [6, 6.07) is 0.791. The maximum atomic E-state index is 13.2. The van der Waals surface area contributed by atoms with Crippen LogP contribution in [0.3, 0.4) is 0 Å². The lowest BCUT2D eigenvalue weighted by molar-refractivity contribution is -0.136.